The Bertz CT molecular complexity index is 1140. The van der Waals surface area contributed by atoms with Gasteiger partial charge in [0.05, 0.1) is 10.9 Å². The van der Waals surface area contributed by atoms with Crippen molar-refractivity contribution in [1.82, 2.24) is 4.98 Å². The smallest absolute Gasteiger partial charge is 0.268 e. The van der Waals surface area contributed by atoms with Crippen molar-refractivity contribution in [3.05, 3.63) is 62.2 Å². The molecule has 3 rings (SSSR count). The van der Waals surface area contributed by atoms with Crippen LogP contribution in [0.3, 0.4) is 0 Å². The highest BCUT2D eigenvalue weighted by Crippen LogP contribution is 2.27. The van der Waals surface area contributed by atoms with E-state index >= 15 is 0 Å². The fourth-order valence-corrected chi connectivity index (χ4v) is 2.36. The lowest BCUT2D eigenvalue weighted by Crippen LogP contribution is -2.18. The number of fused-ring (bicyclic) bond motifs is 1. The van der Waals surface area contributed by atoms with E-state index in [0.717, 1.165) is 6.26 Å². The first-order valence-corrected chi connectivity index (χ1v) is 6.45. The van der Waals surface area contributed by atoms with Crippen molar-refractivity contribution in [3.63, 3.8) is 0 Å². The second-order valence-electron chi connectivity index (χ2n) is 4.69. The number of anilines is 1. The number of rotatable bonds is 1. The summed E-state index contributed by atoms with van der Waals surface area (Å²) in [7, 11) is 0. The number of hydrogen-bond donors (Lipinski definition) is 2. The van der Waals surface area contributed by atoms with Gasteiger partial charge in [0.15, 0.2) is 0 Å². The van der Waals surface area contributed by atoms with E-state index in [-0.39, 0.29) is 33.5 Å². The molecule has 0 aliphatic heterocycles. The maximum atomic E-state index is 12.7. The second kappa shape index (κ2) is 5.17. The van der Waals surface area contributed by atoms with Crippen molar-refractivity contribution in [2.45, 2.75) is 0 Å². The molecule has 3 aromatic rings. The molecule has 0 radical (unpaired) electrons. The van der Waals surface area contributed by atoms with Crippen LogP contribution in [0, 0.1) is 22.7 Å². The summed E-state index contributed by atoms with van der Waals surface area (Å²) in [5.74, 6) is -0.209. The number of aromatic amines is 1. The van der Waals surface area contributed by atoms with Crippen LogP contribution in [-0.4, -0.2) is 4.98 Å². The number of hydrogen-bond acceptors (Lipinski definition) is 6. The Kier molecular flexibility index (Phi) is 3.17. The Balaban J connectivity index is 2.53. The molecular formula is C16H8N4O3. The third-order valence-electron chi connectivity index (χ3n) is 3.42. The van der Waals surface area contributed by atoms with E-state index in [0.29, 0.717) is 5.58 Å². The van der Waals surface area contributed by atoms with Crippen LogP contribution in [0.4, 0.5) is 5.82 Å². The number of nitrogens with one attached hydrogen (secondary N) is 1. The molecule has 3 N–H and O–H groups in total. The molecule has 0 saturated heterocycles. The Morgan fingerprint density at radius 3 is 2.48 bits per heavy atom. The molecule has 7 heteroatoms. The maximum absolute atomic E-state index is 12.7. The van der Waals surface area contributed by atoms with E-state index in [4.69, 9.17) is 10.2 Å². The standard InChI is InChI=1S/C16H8N4O3/c17-5-9-13(10(6-18)16(22)20-15(9)19)11-7-23-12-4-2-1-3-8(12)14(11)21/h1-4,7H,(H3,19,20,22). The van der Waals surface area contributed by atoms with Crippen LogP contribution < -0.4 is 16.7 Å². The van der Waals surface area contributed by atoms with Crippen LogP contribution in [0.1, 0.15) is 11.1 Å². The van der Waals surface area contributed by atoms with Crippen molar-refractivity contribution in [1.29, 1.82) is 10.5 Å². The predicted octanol–water partition coefficient (Wildman–Crippen LogP) is 1.47. The number of nitrogens with two attached hydrogens (primary N) is 1. The highest BCUT2D eigenvalue weighted by molar-refractivity contribution is 5.86. The zero-order valence-corrected chi connectivity index (χ0v) is 11.6. The number of pyridine rings is 1. The number of para-hydroxylation sites is 1. The van der Waals surface area contributed by atoms with Gasteiger partial charge in [-0.1, -0.05) is 12.1 Å². The average molecular weight is 304 g/mol. The molecule has 0 bridgehead atoms. The average Bonchev–Trinajstić information content (AvgIpc) is 2.55. The molecule has 2 heterocycles. The van der Waals surface area contributed by atoms with Gasteiger partial charge in [0.1, 0.15) is 40.9 Å². The first-order valence-electron chi connectivity index (χ1n) is 6.45. The SMILES string of the molecule is N#Cc1c(N)[nH]c(=O)c(C#N)c1-c1coc2ccccc2c1=O. The molecule has 1 aromatic carbocycles. The minimum absolute atomic E-state index is 0.0606. The topological polar surface area (TPSA) is 137 Å². The fraction of sp³-hybridized carbons (Fsp3) is 0. The highest BCUT2D eigenvalue weighted by atomic mass is 16.3. The van der Waals surface area contributed by atoms with Gasteiger partial charge in [-0.05, 0) is 12.1 Å². The molecular weight excluding hydrogens is 296 g/mol. The third kappa shape index (κ3) is 2.04. The summed E-state index contributed by atoms with van der Waals surface area (Å²) in [4.78, 5) is 26.8. The molecule has 0 aliphatic carbocycles. The first-order chi connectivity index (χ1) is 11.1. The number of nitrogens with zero attached hydrogens (tertiary/aromatic N) is 2. The van der Waals surface area contributed by atoms with Gasteiger partial charge in [-0.3, -0.25) is 9.59 Å². The van der Waals surface area contributed by atoms with Gasteiger partial charge in [0.25, 0.3) is 5.56 Å². The molecule has 0 fully saturated rings. The molecule has 0 aliphatic rings. The van der Waals surface area contributed by atoms with E-state index < -0.39 is 11.0 Å². The summed E-state index contributed by atoms with van der Waals surface area (Å²) in [6.45, 7) is 0. The third-order valence-corrected chi connectivity index (χ3v) is 3.42. The fourth-order valence-electron chi connectivity index (χ4n) is 2.36. The summed E-state index contributed by atoms with van der Waals surface area (Å²) >= 11 is 0. The van der Waals surface area contributed by atoms with Gasteiger partial charge in [-0.2, -0.15) is 10.5 Å². The zero-order valence-electron chi connectivity index (χ0n) is 11.6. The van der Waals surface area contributed by atoms with Crippen LogP contribution in [0.15, 0.2) is 44.5 Å². The number of H-pyrrole nitrogens is 1. The minimum atomic E-state index is -0.772. The Hall–Kier alpha value is -3.84. The first kappa shape index (κ1) is 14.1. The van der Waals surface area contributed by atoms with Crippen LogP contribution in [0.2, 0.25) is 0 Å². The molecule has 0 spiro atoms. The Morgan fingerprint density at radius 1 is 1.09 bits per heavy atom. The predicted molar refractivity (Wildman–Crippen MR) is 82.4 cm³/mol. The minimum Gasteiger partial charge on any atom is -0.463 e. The van der Waals surface area contributed by atoms with E-state index in [2.05, 4.69) is 4.98 Å². The Labute approximate surface area is 128 Å². The van der Waals surface area contributed by atoms with E-state index in [1.165, 1.54) is 0 Å². The molecule has 0 amide bonds. The van der Waals surface area contributed by atoms with Gasteiger partial charge in [0, 0.05) is 5.56 Å². The van der Waals surface area contributed by atoms with Gasteiger partial charge in [0.2, 0.25) is 5.43 Å². The monoisotopic (exact) mass is 304 g/mol. The Morgan fingerprint density at radius 2 is 1.78 bits per heavy atom. The summed E-state index contributed by atoms with van der Waals surface area (Å²) in [5.41, 5.74) is 4.08. The van der Waals surface area contributed by atoms with Crippen molar-refractivity contribution in [2.75, 3.05) is 5.73 Å². The number of aromatic nitrogens is 1. The molecule has 110 valence electrons. The van der Waals surface area contributed by atoms with Crippen LogP contribution in [-0.2, 0) is 0 Å². The lowest BCUT2D eigenvalue weighted by Gasteiger charge is -2.08. The number of nitriles is 2. The van der Waals surface area contributed by atoms with Crippen LogP contribution >= 0.6 is 0 Å². The molecule has 0 atom stereocenters. The van der Waals surface area contributed by atoms with Crippen molar-refractivity contribution in [2.24, 2.45) is 0 Å². The van der Waals surface area contributed by atoms with Gasteiger partial charge >= 0.3 is 0 Å². The quantitative estimate of drug-likeness (QED) is 0.698. The summed E-state index contributed by atoms with van der Waals surface area (Å²) < 4.78 is 5.38. The second-order valence-corrected chi connectivity index (χ2v) is 4.69. The van der Waals surface area contributed by atoms with Crippen molar-refractivity contribution >= 4 is 16.8 Å². The lowest BCUT2D eigenvalue weighted by molar-refractivity contribution is 0.604. The van der Waals surface area contributed by atoms with E-state index in [9.17, 15) is 20.1 Å². The molecule has 2 aromatic heterocycles. The largest absolute Gasteiger partial charge is 0.463 e. The van der Waals surface area contributed by atoms with Crippen LogP contribution in [0.5, 0.6) is 0 Å². The summed E-state index contributed by atoms with van der Waals surface area (Å²) in [6.07, 6.45) is 1.13. The van der Waals surface area contributed by atoms with Gasteiger partial charge in [-0.25, -0.2) is 0 Å². The normalized spacial score (nSPS) is 10.2. The van der Waals surface area contributed by atoms with E-state index in [1.807, 2.05) is 6.07 Å². The lowest BCUT2D eigenvalue weighted by atomic mass is 9.97. The number of benzene rings is 1. The van der Waals surface area contributed by atoms with Crippen LogP contribution in [0.25, 0.3) is 22.1 Å². The van der Waals surface area contributed by atoms with Crippen molar-refractivity contribution < 1.29 is 4.42 Å². The molecule has 23 heavy (non-hydrogen) atoms. The van der Waals surface area contributed by atoms with Gasteiger partial charge < -0.3 is 15.1 Å². The molecule has 7 nitrogen and oxygen atoms in total. The van der Waals surface area contributed by atoms with E-state index in [1.54, 1.807) is 30.3 Å². The van der Waals surface area contributed by atoms with Crippen molar-refractivity contribution in [3.8, 4) is 23.3 Å². The summed E-state index contributed by atoms with van der Waals surface area (Å²) in [6, 6.07) is 10.1. The maximum Gasteiger partial charge on any atom is 0.268 e. The highest BCUT2D eigenvalue weighted by Gasteiger charge is 2.21. The summed E-state index contributed by atoms with van der Waals surface area (Å²) in [5, 5.41) is 18.8. The van der Waals surface area contributed by atoms with Gasteiger partial charge in [-0.15, -0.1) is 0 Å². The molecule has 0 saturated carbocycles. The zero-order chi connectivity index (χ0) is 16.6. The molecule has 0 unspecified atom stereocenters. The number of nitrogen functional groups attached to an aromatic ring is 1.